The number of rotatable bonds is 4. The number of nitrogens with zero attached hydrogens (tertiary/aromatic N) is 5. The lowest BCUT2D eigenvalue weighted by atomic mass is 10.1. The summed E-state index contributed by atoms with van der Waals surface area (Å²) in [6.07, 6.45) is 9.51. The van der Waals surface area contributed by atoms with E-state index >= 15 is 0 Å². The Labute approximate surface area is 168 Å². The number of hydrogen-bond donors (Lipinski definition) is 4. The lowest BCUT2D eigenvalue weighted by molar-refractivity contribution is 0.768. The molecule has 1 aliphatic rings. The van der Waals surface area contributed by atoms with Crippen molar-refractivity contribution in [3.05, 3.63) is 46.9 Å². The number of anilines is 3. The van der Waals surface area contributed by atoms with E-state index in [1.54, 1.807) is 29.2 Å². The molecule has 1 fully saturated rings. The summed E-state index contributed by atoms with van der Waals surface area (Å²) < 4.78 is 1.72. The third-order valence-corrected chi connectivity index (χ3v) is 4.30. The Morgan fingerprint density at radius 3 is 2.55 bits per heavy atom. The van der Waals surface area contributed by atoms with Crippen LogP contribution in [0.3, 0.4) is 0 Å². The van der Waals surface area contributed by atoms with Crippen molar-refractivity contribution in [2.75, 3.05) is 30.8 Å². The zero-order valence-corrected chi connectivity index (χ0v) is 16.4. The lowest BCUT2D eigenvalue weighted by Crippen LogP contribution is -2.14. The van der Waals surface area contributed by atoms with Crippen LogP contribution >= 0.6 is 0 Å². The van der Waals surface area contributed by atoms with Crippen molar-refractivity contribution in [3.63, 3.8) is 0 Å². The monoisotopic (exact) mass is 393 g/mol. The van der Waals surface area contributed by atoms with Gasteiger partial charge < -0.3 is 20.9 Å². The molecule has 0 aliphatic carbocycles. The van der Waals surface area contributed by atoms with Crippen LogP contribution in [-0.4, -0.2) is 44.9 Å². The second-order valence-electron chi connectivity index (χ2n) is 6.44. The second kappa shape index (κ2) is 9.48. The third kappa shape index (κ3) is 5.18. The van der Waals surface area contributed by atoms with E-state index in [0.29, 0.717) is 11.6 Å². The van der Waals surface area contributed by atoms with Crippen LogP contribution in [-0.2, 0) is 7.05 Å². The summed E-state index contributed by atoms with van der Waals surface area (Å²) in [7, 11) is 3.66. The SMILES string of the molecule is C1CCNC1.CNc1cc(Nc2cnc(C#N)c(=O)[nH]2)ncc1-c1cnn(C)c1. The van der Waals surface area contributed by atoms with E-state index in [0.717, 1.165) is 16.8 Å². The maximum atomic E-state index is 11.6. The fourth-order valence-electron chi connectivity index (χ4n) is 2.83. The van der Waals surface area contributed by atoms with E-state index in [4.69, 9.17) is 5.26 Å². The smallest absolute Gasteiger partial charge is 0.286 e. The van der Waals surface area contributed by atoms with E-state index in [9.17, 15) is 4.79 Å². The van der Waals surface area contributed by atoms with Gasteiger partial charge in [0.05, 0.1) is 12.4 Å². The molecule has 0 atom stereocenters. The van der Waals surface area contributed by atoms with Gasteiger partial charge in [-0.05, 0) is 25.9 Å². The van der Waals surface area contributed by atoms with Crippen molar-refractivity contribution in [2.45, 2.75) is 12.8 Å². The van der Waals surface area contributed by atoms with Crippen LogP contribution in [0, 0.1) is 11.3 Å². The van der Waals surface area contributed by atoms with Crippen LogP contribution in [0.25, 0.3) is 11.1 Å². The summed E-state index contributed by atoms with van der Waals surface area (Å²) in [5, 5.41) is 22.2. The lowest BCUT2D eigenvalue weighted by Gasteiger charge is -2.10. The van der Waals surface area contributed by atoms with Crippen LogP contribution in [0.1, 0.15) is 18.5 Å². The van der Waals surface area contributed by atoms with Gasteiger partial charge in [-0.2, -0.15) is 10.4 Å². The molecule has 3 aromatic rings. The molecule has 0 spiro atoms. The Balaban J connectivity index is 0.000000419. The van der Waals surface area contributed by atoms with Crippen LogP contribution in [0.5, 0.6) is 0 Å². The van der Waals surface area contributed by atoms with E-state index in [2.05, 4.69) is 36.0 Å². The highest BCUT2D eigenvalue weighted by Crippen LogP contribution is 2.29. The van der Waals surface area contributed by atoms with Gasteiger partial charge in [0, 0.05) is 49.4 Å². The van der Waals surface area contributed by atoms with E-state index in [1.807, 2.05) is 20.3 Å². The Bertz CT molecular complexity index is 1050. The number of pyridine rings is 1. The quantitative estimate of drug-likeness (QED) is 0.525. The molecule has 10 heteroatoms. The van der Waals surface area contributed by atoms with E-state index in [1.165, 1.54) is 32.1 Å². The minimum absolute atomic E-state index is 0.184. The molecule has 0 saturated carbocycles. The molecule has 0 aromatic carbocycles. The molecule has 4 N–H and O–H groups in total. The van der Waals surface area contributed by atoms with Crippen molar-refractivity contribution in [3.8, 4) is 17.2 Å². The zero-order valence-electron chi connectivity index (χ0n) is 16.4. The third-order valence-electron chi connectivity index (χ3n) is 4.30. The van der Waals surface area contributed by atoms with Crippen LogP contribution in [0.4, 0.5) is 17.3 Å². The molecule has 0 radical (unpaired) electrons. The van der Waals surface area contributed by atoms with Crippen molar-refractivity contribution < 1.29 is 0 Å². The van der Waals surface area contributed by atoms with Crippen LogP contribution in [0.2, 0.25) is 0 Å². The minimum atomic E-state index is -0.552. The topological polar surface area (TPSA) is 136 Å². The molecule has 0 amide bonds. The fraction of sp³-hybridized carbons (Fsp3) is 0.316. The molecular formula is C19H23N9O. The summed E-state index contributed by atoms with van der Waals surface area (Å²) in [4.78, 5) is 22.3. The molecule has 0 unspecified atom stereocenters. The predicted octanol–water partition coefficient (Wildman–Crippen LogP) is 1.59. The van der Waals surface area contributed by atoms with E-state index < -0.39 is 5.56 Å². The maximum Gasteiger partial charge on any atom is 0.286 e. The molecular weight excluding hydrogens is 370 g/mol. The normalized spacial score (nSPS) is 12.6. The first-order valence-corrected chi connectivity index (χ1v) is 9.24. The van der Waals surface area contributed by atoms with Crippen LogP contribution in [0.15, 0.2) is 35.6 Å². The molecule has 0 bridgehead atoms. The highest BCUT2D eigenvalue weighted by atomic mass is 16.1. The zero-order chi connectivity index (χ0) is 20.6. The molecule has 1 aliphatic heterocycles. The number of H-pyrrole nitrogens is 1. The molecule has 3 aromatic heterocycles. The molecule has 29 heavy (non-hydrogen) atoms. The first-order chi connectivity index (χ1) is 14.1. The largest absolute Gasteiger partial charge is 0.387 e. The van der Waals surface area contributed by atoms with Gasteiger partial charge in [-0.3, -0.25) is 9.48 Å². The predicted molar refractivity (Wildman–Crippen MR) is 111 cm³/mol. The Morgan fingerprint density at radius 2 is 2.00 bits per heavy atom. The van der Waals surface area contributed by atoms with Gasteiger partial charge in [0.25, 0.3) is 5.56 Å². The van der Waals surface area contributed by atoms with Gasteiger partial charge in [0.15, 0.2) is 0 Å². The van der Waals surface area contributed by atoms with Gasteiger partial charge in [0.2, 0.25) is 5.69 Å². The van der Waals surface area contributed by atoms with Crippen molar-refractivity contribution in [2.24, 2.45) is 7.05 Å². The molecule has 1 saturated heterocycles. The van der Waals surface area contributed by atoms with E-state index in [-0.39, 0.29) is 5.69 Å². The Kier molecular flexibility index (Phi) is 6.55. The van der Waals surface area contributed by atoms with Gasteiger partial charge >= 0.3 is 0 Å². The Hall–Kier alpha value is -3.71. The average Bonchev–Trinajstić information content (AvgIpc) is 3.43. The number of aromatic amines is 1. The van der Waals surface area contributed by atoms with Gasteiger partial charge in [-0.15, -0.1) is 0 Å². The first-order valence-electron chi connectivity index (χ1n) is 9.24. The number of hydrogen-bond acceptors (Lipinski definition) is 8. The van der Waals surface area contributed by atoms with Crippen LogP contribution < -0.4 is 21.5 Å². The molecule has 150 valence electrons. The van der Waals surface area contributed by atoms with Gasteiger partial charge in [-0.25, -0.2) is 9.97 Å². The first kappa shape index (κ1) is 20.0. The maximum absolute atomic E-state index is 11.6. The standard InChI is InChI=1S/C15H14N8O.C4H9N/c1-17-11-3-13(19-6-10(11)9-5-20-23(2)8-9)21-14-7-18-12(4-16)15(24)22-14;1-2-4-5-3-1/h3,5-8H,1-2H3,(H3,17,19,21,22,24);5H,1-4H2. The molecule has 4 heterocycles. The summed E-state index contributed by atoms with van der Waals surface area (Å²) in [6.45, 7) is 2.50. The second-order valence-corrected chi connectivity index (χ2v) is 6.44. The number of aromatic nitrogens is 5. The summed E-state index contributed by atoms with van der Waals surface area (Å²) in [6, 6.07) is 3.52. The summed E-state index contributed by atoms with van der Waals surface area (Å²) >= 11 is 0. The van der Waals surface area contributed by atoms with Crippen molar-refractivity contribution in [1.82, 2.24) is 30.0 Å². The summed E-state index contributed by atoms with van der Waals surface area (Å²) in [5.74, 6) is 0.872. The number of nitrogens with one attached hydrogen (secondary N) is 4. The van der Waals surface area contributed by atoms with Gasteiger partial charge in [-0.1, -0.05) is 0 Å². The highest BCUT2D eigenvalue weighted by molar-refractivity contribution is 5.78. The Morgan fingerprint density at radius 1 is 1.21 bits per heavy atom. The minimum Gasteiger partial charge on any atom is -0.387 e. The fourth-order valence-corrected chi connectivity index (χ4v) is 2.83. The number of nitriles is 1. The number of aryl methyl sites for hydroxylation is 1. The van der Waals surface area contributed by atoms with Crippen molar-refractivity contribution >= 4 is 17.3 Å². The molecule has 10 nitrogen and oxygen atoms in total. The highest BCUT2D eigenvalue weighted by Gasteiger charge is 2.09. The van der Waals surface area contributed by atoms with Crippen molar-refractivity contribution in [1.29, 1.82) is 5.26 Å². The molecule has 4 rings (SSSR count). The average molecular weight is 393 g/mol. The van der Waals surface area contributed by atoms with Gasteiger partial charge in [0.1, 0.15) is 17.7 Å². The summed E-state index contributed by atoms with van der Waals surface area (Å²) in [5.41, 5.74) is 1.96.